The maximum absolute atomic E-state index is 13.7. The Hall–Kier alpha value is -3.77. The van der Waals surface area contributed by atoms with E-state index in [1.165, 1.54) is 7.11 Å². The van der Waals surface area contributed by atoms with E-state index in [1.807, 2.05) is 61.1 Å². The highest BCUT2D eigenvalue weighted by Crippen LogP contribution is 2.29. The number of halogens is 1. The lowest BCUT2D eigenvalue weighted by Crippen LogP contribution is -2.24. The van der Waals surface area contributed by atoms with Gasteiger partial charge in [-0.25, -0.2) is 9.48 Å². The minimum Gasteiger partial charge on any atom is -0.465 e. The highest BCUT2D eigenvalue weighted by Gasteiger charge is 2.25. The average molecular weight is 462 g/mol. The summed E-state index contributed by atoms with van der Waals surface area (Å²) in [7, 11) is 3.22. The van der Waals surface area contributed by atoms with Gasteiger partial charge in [0.1, 0.15) is 0 Å². The van der Waals surface area contributed by atoms with Gasteiger partial charge in [0.2, 0.25) is 0 Å². The molecule has 0 spiro atoms. The largest absolute Gasteiger partial charge is 0.465 e. The lowest BCUT2D eigenvalue weighted by Gasteiger charge is -2.20. The van der Waals surface area contributed by atoms with E-state index in [4.69, 9.17) is 16.3 Å². The first kappa shape index (κ1) is 22.4. The minimum atomic E-state index is -0.435. The number of esters is 1. The lowest BCUT2D eigenvalue weighted by molar-refractivity contribution is 0.0601. The molecule has 33 heavy (non-hydrogen) atoms. The molecule has 1 unspecified atom stereocenters. The highest BCUT2D eigenvalue weighted by atomic mass is 35.5. The quantitative estimate of drug-likeness (QED) is 0.404. The van der Waals surface area contributed by atoms with Gasteiger partial charge < -0.3 is 10.1 Å². The summed E-state index contributed by atoms with van der Waals surface area (Å²) >= 11 is 6.12. The molecular formula is C26H24ClN3O3. The normalized spacial score (nSPS) is 11.8. The maximum atomic E-state index is 13.7. The molecule has 0 bridgehead atoms. The molecule has 7 heteroatoms. The van der Waals surface area contributed by atoms with E-state index in [-0.39, 0.29) is 5.56 Å². The van der Waals surface area contributed by atoms with Crippen molar-refractivity contribution in [2.45, 2.75) is 13.0 Å². The minimum absolute atomic E-state index is 0.111. The number of carbonyl (C=O) groups excluding carboxylic acids is 1. The number of hydrogen-bond acceptors (Lipinski definition) is 4. The van der Waals surface area contributed by atoms with E-state index < -0.39 is 12.0 Å². The van der Waals surface area contributed by atoms with Gasteiger partial charge in [-0.1, -0.05) is 41.9 Å². The van der Waals surface area contributed by atoms with Crippen molar-refractivity contribution in [2.75, 3.05) is 12.4 Å². The van der Waals surface area contributed by atoms with Crippen LogP contribution in [-0.2, 0) is 11.8 Å². The summed E-state index contributed by atoms with van der Waals surface area (Å²) in [5, 5.41) is 4.08. The molecule has 0 aliphatic rings. The van der Waals surface area contributed by atoms with Gasteiger partial charge >= 0.3 is 5.97 Å². The SMILES string of the molecule is COC(=O)c1ccc(NC(c2ccc(Cl)cc2)c2c(C)n(C)n(-c3ccccc3)c2=O)cc1. The Morgan fingerprint density at radius 3 is 2.21 bits per heavy atom. The molecule has 4 rings (SSSR count). The second kappa shape index (κ2) is 9.38. The van der Waals surface area contributed by atoms with Gasteiger partial charge in [-0.15, -0.1) is 0 Å². The third-order valence-corrected chi connectivity index (χ3v) is 5.96. The molecule has 0 aliphatic heterocycles. The molecule has 6 nitrogen and oxygen atoms in total. The van der Waals surface area contributed by atoms with E-state index in [2.05, 4.69) is 5.32 Å². The predicted octanol–water partition coefficient (Wildman–Crippen LogP) is 5.13. The Morgan fingerprint density at radius 2 is 1.61 bits per heavy atom. The van der Waals surface area contributed by atoms with Gasteiger partial charge in [-0.3, -0.25) is 9.48 Å². The molecule has 1 heterocycles. The van der Waals surface area contributed by atoms with Crippen molar-refractivity contribution >= 4 is 23.3 Å². The fourth-order valence-electron chi connectivity index (χ4n) is 3.89. The zero-order valence-corrected chi connectivity index (χ0v) is 19.3. The molecule has 1 atom stereocenters. The summed E-state index contributed by atoms with van der Waals surface area (Å²) in [6.45, 7) is 1.93. The lowest BCUT2D eigenvalue weighted by atomic mass is 9.98. The van der Waals surface area contributed by atoms with Crippen molar-refractivity contribution in [3.63, 3.8) is 0 Å². The van der Waals surface area contributed by atoms with Gasteiger partial charge in [0, 0.05) is 23.5 Å². The molecule has 3 aromatic carbocycles. The standard InChI is InChI=1S/C26H24ClN3O3/c1-17-23(25(31)30(29(17)2)22-7-5-4-6-8-22)24(18-9-13-20(27)14-10-18)28-21-15-11-19(12-16-21)26(32)33-3/h4-16,24,28H,1-3H3. The van der Waals surface area contributed by atoms with Gasteiger partial charge in [-0.05, 0) is 61.0 Å². The fraction of sp³-hybridized carbons (Fsp3) is 0.154. The van der Waals surface area contributed by atoms with Crippen LogP contribution < -0.4 is 10.9 Å². The molecule has 1 N–H and O–H groups in total. The number of para-hydroxylation sites is 1. The Kier molecular flexibility index (Phi) is 6.38. The number of nitrogens with one attached hydrogen (secondary N) is 1. The summed E-state index contributed by atoms with van der Waals surface area (Å²) in [5.41, 5.74) is 4.24. The second-order valence-electron chi connectivity index (χ2n) is 7.67. The Balaban J connectivity index is 1.82. The van der Waals surface area contributed by atoms with Crippen LogP contribution in [0.1, 0.15) is 33.2 Å². The smallest absolute Gasteiger partial charge is 0.337 e. The third-order valence-electron chi connectivity index (χ3n) is 5.71. The molecule has 0 radical (unpaired) electrons. The van der Waals surface area contributed by atoms with Gasteiger partial charge in [0.15, 0.2) is 0 Å². The van der Waals surface area contributed by atoms with Crippen LogP contribution in [0.25, 0.3) is 5.69 Å². The number of benzene rings is 3. The number of carbonyl (C=O) groups is 1. The molecule has 0 amide bonds. The van der Waals surface area contributed by atoms with Crippen LogP contribution in [-0.4, -0.2) is 22.4 Å². The number of hydrogen-bond donors (Lipinski definition) is 1. The summed E-state index contributed by atoms with van der Waals surface area (Å²) < 4.78 is 8.30. The predicted molar refractivity (Wildman–Crippen MR) is 130 cm³/mol. The van der Waals surface area contributed by atoms with Crippen molar-refractivity contribution in [1.82, 2.24) is 9.36 Å². The molecule has 168 valence electrons. The first-order valence-electron chi connectivity index (χ1n) is 10.4. The van der Waals surface area contributed by atoms with Crippen LogP contribution in [0, 0.1) is 6.92 Å². The summed E-state index contributed by atoms with van der Waals surface area (Å²) in [6, 6.07) is 23.5. The molecule has 0 aliphatic carbocycles. The van der Waals surface area contributed by atoms with Gasteiger partial charge in [0.05, 0.1) is 30.0 Å². The summed E-state index contributed by atoms with van der Waals surface area (Å²) in [6.07, 6.45) is 0. The molecular weight excluding hydrogens is 438 g/mol. The van der Waals surface area contributed by atoms with Gasteiger partial charge in [0.25, 0.3) is 5.56 Å². The van der Waals surface area contributed by atoms with Crippen LogP contribution in [0.5, 0.6) is 0 Å². The third kappa shape index (κ3) is 4.43. The molecule has 0 fully saturated rings. The number of aromatic nitrogens is 2. The molecule has 0 saturated carbocycles. The Morgan fingerprint density at radius 1 is 0.970 bits per heavy atom. The Bertz CT molecular complexity index is 1320. The highest BCUT2D eigenvalue weighted by molar-refractivity contribution is 6.30. The van der Waals surface area contributed by atoms with Crippen molar-refractivity contribution in [2.24, 2.45) is 7.05 Å². The summed E-state index contributed by atoms with van der Waals surface area (Å²) in [5.74, 6) is -0.402. The number of anilines is 1. The van der Waals surface area contributed by atoms with E-state index in [0.717, 1.165) is 22.6 Å². The molecule has 1 aromatic heterocycles. The Labute approximate surface area is 197 Å². The average Bonchev–Trinajstić information content (AvgIpc) is 3.06. The molecule has 4 aromatic rings. The van der Waals surface area contributed by atoms with Crippen molar-refractivity contribution in [1.29, 1.82) is 0 Å². The van der Waals surface area contributed by atoms with Crippen LogP contribution in [0.3, 0.4) is 0 Å². The number of methoxy groups -OCH3 is 1. The first-order valence-corrected chi connectivity index (χ1v) is 10.8. The van der Waals surface area contributed by atoms with Crippen molar-refractivity contribution in [3.05, 3.63) is 117 Å². The monoisotopic (exact) mass is 461 g/mol. The van der Waals surface area contributed by atoms with Gasteiger partial charge in [-0.2, -0.15) is 0 Å². The first-order chi connectivity index (χ1) is 15.9. The van der Waals surface area contributed by atoms with E-state index >= 15 is 0 Å². The van der Waals surface area contributed by atoms with Crippen molar-refractivity contribution < 1.29 is 9.53 Å². The zero-order valence-electron chi connectivity index (χ0n) is 18.6. The second-order valence-corrected chi connectivity index (χ2v) is 8.11. The number of nitrogens with zero attached hydrogens (tertiary/aromatic N) is 2. The topological polar surface area (TPSA) is 65.3 Å². The molecule has 0 saturated heterocycles. The zero-order chi connectivity index (χ0) is 23.5. The summed E-state index contributed by atoms with van der Waals surface area (Å²) in [4.78, 5) is 25.5. The van der Waals surface area contributed by atoms with Crippen LogP contribution in [0.2, 0.25) is 5.02 Å². The van der Waals surface area contributed by atoms with E-state index in [0.29, 0.717) is 16.1 Å². The van der Waals surface area contributed by atoms with Crippen LogP contribution >= 0.6 is 11.6 Å². The van der Waals surface area contributed by atoms with Crippen LogP contribution in [0.4, 0.5) is 5.69 Å². The maximum Gasteiger partial charge on any atom is 0.337 e. The van der Waals surface area contributed by atoms with E-state index in [1.54, 1.807) is 41.1 Å². The number of rotatable bonds is 6. The van der Waals surface area contributed by atoms with E-state index in [9.17, 15) is 9.59 Å². The fourth-order valence-corrected chi connectivity index (χ4v) is 4.01. The van der Waals surface area contributed by atoms with Crippen LogP contribution in [0.15, 0.2) is 83.7 Å². The number of ether oxygens (including phenoxy) is 1. The van der Waals surface area contributed by atoms with Crippen molar-refractivity contribution in [3.8, 4) is 5.69 Å².